The van der Waals surface area contributed by atoms with Crippen molar-refractivity contribution in [1.82, 2.24) is 4.90 Å². The number of Topliss-reactive ketones (excluding diaryl/α,β-unsaturated/α-hetero) is 2. The molecule has 0 radical (unpaired) electrons. The van der Waals surface area contributed by atoms with Crippen LogP contribution < -0.4 is 9.47 Å². The van der Waals surface area contributed by atoms with E-state index in [9.17, 15) is 9.59 Å². The lowest BCUT2D eigenvalue weighted by atomic mass is 9.71. The first-order chi connectivity index (χ1) is 20.4. The summed E-state index contributed by atoms with van der Waals surface area (Å²) in [5, 5.41) is 0. The van der Waals surface area contributed by atoms with E-state index in [1.165, 1.54) is 11.1 Å². The maximum Gasteiger partial charge on any atom is 0.175 e. The Kier molecular flexibility index (Phi) is 8.34. The number of nitrogens with zero attached hydrogens (tertiary/aromatic N) is 1. The van der Waals surface area contributed by atoms with Gasteiger partial charge in [-0.2, -0.15) is 0 Å². The van der Waals surface area contributed by atoms with Crippen molar-refractivity contribution in [2.24, 2.45) is 0 Å². The summed E-state index contributed by atoms with van der Waals surface area (Å²) in [4.78, 5) is 29.8. The second-order valence-electron chi connectivity index (χ2n) is 11.3. The summed E-state index contributed by atoms with van der Waals surface area (Å²) >= 11 is 3.77. The van der Waals surface area contributed by atoms with E-state index in [0.717, 1.165) is 63.8 Å². The van der Waals surface area contributed by atoms with Crippen molar-refractivity contribution in [1.29, 1.82) is 0 Å². The second kappa shape index (κ2) is 12.3. The van der Waals surface area contributed by atoms with Crippen LogP contribution in [0.2, 0.25) is 0 Å². The third-order valence-electron chi connectivity index (χ3n) is 8.40. The number of aryl methyl sites for hydroxylation is 1. The van der Waals surface area contributed by atoms with Crippen molar-refractivity contribution >= 4 is 27.5 Å². The van der Waals surface area contributed by atoms with Gasteiger partial charge in [0.1, 0.15) is 6.61 Å². The number of ether oxygens (including phenoxy) is 2. The number of rotatable bonds is 8. The molecule has 3 aliphatic rings. The summed E-state index contributed by atoms with van der Waals surface area (Å²) in [6.07, 6.45) is 4.31. The molecule has 0 unspecified atom stereocenters. The van der Waals surface area contributed by atoms with Crippen molar-refractivity contribution in [2.45, 2.75) is 71.4 Å². The van der Waals surface area contributed by atoms with E-state index in [1.54, 1.807) is 0 Å². The van der Waals surface area contributed by atoms with Crippen molar-refractivity contribution in [3.8, 4) is 11.5 Å². The van der Waals surface area contributed by atoms with E-state index < -0.39 is 5.92 Å². The number of benzene rings is 3. The number of hydrogen-bond acceptors (Lipinski definition) is 5. The summed E-state index contributed by atoms with van der Waals surface area (Å²) in [5.41, 5.74) is 7.99. The molecule has 0 saturated heterocycles. The molecule has 3 aromatic carbocycles. The van der Waals surface area contributed by atoms with Crippen LogP contribution >= 0.6 is 15.9 Å². The molecular weight excluding hydrogens is 590 g/mol. The van der Waals surface area contributed by atoms with E-state index >= 15 is 0 Å². The maximum absolute atomic E-state index is 13.8. The molecule has 6 heteroatoms. The number of halogens is 1. The summed E-state index contributed by atoms with van der Waals surface area (Å²) in [7, 11) is 0. The minimum atomic E-state index is -0.413. The minimum absolute atomic E-state index is 0.137. The van der Waals surface area contributed by atoms with E-state index in [0.29, 0.717) is 44.1 Å². The van der Waals surface area contributed by atoms with Gasteiger partial charge in [0.2, 0.25) is 0 Å². The molecule has 0 amide bonds. The first-order valence-electron chi connectivity index (χ1n) is 14.9. The molecule has 0 aromatic heterocycles. The molecule has 0 spiro atoms. The number of allylic oxidation sites excluding steroid dienone is 4. The van der Waals surface area contributed by atoms with Crippen LogP contribution in [0.3, 0.4) is 0 Å². The molecule has 1 aliphatic heterocycles. The molecular formula is C36H36BrNO4. The molecule has 0 atom stereocenters. The number of ketones is 2. The Bertz CT molecular complexity index is 1550. The first kappa shape index (κ1) is 28.5. The number of carbonyl (C=O) groups is 2. The zero-order chi connectivity index (χ0) is 29.2. The fourth-order valence-corrected chi connectivity index (χ4v) is 7.20. The van der Waals surface area contributed by atoms with Crippen LogP contribution in [0.25, 0.3) is 0 Å². The van der Waals surface area contributed by atoms with Gasteiger partial charge in [-0.15, -0.1) is 0 Å². The van der Waals surface area contributed by atoms with Gasteiger partial charge in [-0.1, -0.05) is 60.2 Å². The fraction of sp³-hybridized carbons (Fsp3) is 0.333. The second-order valence-corrected chi connectivity index (χ2v) is 12.2. The Hall–Kier alpha value is -3.64. The highest BCUT2D eigenvalue weighted by Gasteiger charge is 2.43. The van der Waals surface area contributed by atoms with Crippen molar-refractivity contribution in [3.63, 3.8) is 0 Å². The minimum Gasteiger partial charge on any atom is -0.490 e. The Morgan fingerprint density at radius 1 is 0.810 bits per heavy atom. The Morgan fingerprint density at radius 2 is 1.48 bits per heavy atom. The predicted molar refractivity (Wildman–Crippen MR) is 167 cm³/mol. The van der Waals surface area contributed by atoms with Gasteiger partial charge in [-0.05, 0) is 84.3 Å². The third kappa shape index (κ3) is 5.57. The average molecular weight is 627 g/mol. The molecule has 42 heavy (non-hydrogen) atoms. The van der Waals surface area contributed by atoms with E-state index in [-0.39, 0.29) is 11.6 Å². The quantitative estimate of drug-likeness (QED) is 0.252. The standard InChI is InChI=1S/C36H36BrNO4/c1-3-41-32-20-26(19-27(37)36(32)42-22-25-13-7-10-23(2)18-25)33-34-28(14-8-16-30(34)39)38(21-24-11-5-4-6-12-24)29-15-9-17-31(40)35(29)33/h4-7,10-13,18-20,33H,3,8-9,14-17,21-22H2,1-2H3. The highest BCUT2D eigenvalue weighted by molar-refractivity contribution is 9.10. The topological polar surface area (TPSA) is 55.8 Å². The predicted octanol–water partition coefficient (Wildman–Crippen LogP) is 8.35. The molecule has 6 rings (SSSR count). The maximum atomic E-state index is 13.8. The van der Waals surface area contributed by atoms with E-state index in [1.807, 2.05) is 49.4 Å². The van der Waals surface area contributed by atoms with Crippen molar-refractivity contribution in [2.75, 3.05) is 6.61 Å². The van der Waals surface area contributed by atoms with Gasteiger partial charge in [-0.3, -0.25) is 9.59 Å². The van der Waals surface area contributed by atoms with Crippen LogP contribution in [-0.4, -0.2) is 23.1 Å². The Morgan fingerprint density at radius 3 is 2.12 bits per heavy atom. The van der Waals surface area contributed by atoms with Gasteiger partial charge < -0.3 is 14.4 Å². The van der Waals surface area contributed by atoms with Crippen LogP contribution in [0.15, 0.2) is 93.7 Å². The lowest BCUT2D eigenvalue weighted by Gasteiger charge is -2.44. The lowest BCUT2D eigenvalue weighted by molar-refractivity contribution is -0.117. The van der Waals surface area contributed by atoms with Crippen LogP contribution in [0, 0.1) is 6.92 Å². The number of carbonyl (C=O) groups excluding carboxylic acids is 2. The normalized spacial score (nSPS) is 17.4. The Balaban J connectivity index is 1.45. The fourth-order valence-electron chi connectivity index (χ4n) is 6.62. The van der Waals surface area contributed by atoms with E-state index in [2.05, 4.69) is 52.0 Å². The molecule has 0 N–H and O–H groups in total. The SMILES string of the molecule is CCOc1cc(C2C3=C(CCCC3=O)N(Cc3ccccc3)C3=C2C(=O)CCC3)cc(Br)c1OCc1cccc(C)c1. The van der Waals surface area contributed by atoms with Crippen LogP contribution in [0.1, 0.15) is 73.6 Å². The van der Waals surface area contributed by atoms with Gasteiger partial charge in [0.05, 0.1) is 11.1 Å². The Labute approximate surface area is 256 Å². The van der Waals surface area contributed by atoms with Gasteiger partial charge in [0, 0.05) is 47.8 Å². The molecule has 1 heterocycles. The smallest absolute Gasteiger partial charge is 0.175 e. The van der Waals surface area contributed by atoms with Gasteiger partial charge in [0.15, 0.2) is 23.1 Å². The molecule has 5 nitrogen and oxygen atoms in total. The molecule has 0 bridgehead atoms. The summed E-state index contributed by atoms with van der Waals surface area (Å²) < 4.78 is 13.2. The van der Waals surface area contributed by atoms with Gasteiger partial charge >= 0.3 is 0 Å². The lowest BCUT2D eigenvalue weighted by Crippen LogP contribution is -2.38. The largest absolute Gasteiger partial charge is 0.490 e. The zero-order valence-corrected chi connectivity index (χ0v) is 25.8. The molecule has 2 aliphatic carbocycles. The van der Waals surface area contributed by atoms with Crippen molar-refractivity contribution in [3.05, 3.63) is 116 Å². The van der Waals surface area contributed by atoms with Gasteiger partial charge in [-0.25, -0.2) is 0 Å². The zero-order valence-electron chi connectivity index (χ0n) is 24.3. The molecule has 0 saturated carbocycles. The first-order valence-corrected chi connectivity index (χ1v) is 15.7. The highest BCUT2D eigenvalue weighted by Crippen LogP contribution is 2.51. The molecule has 216 valence electrons. The summed E-state index contributed by atoms with van der Waals surface area (Å²) in [6, 6.07) is 22.6. The third-order valence-corrected chi connectivity index (χ3v) is 8.99. The monoisotopic (exact) mass is 625 g/mol. The summed E-state index contributed by atoms with van der Waals surface area (Å²) in [6.45, 7) is 5.54. The number of hydrogen-bond donors (Lipinski definition) is 0. The molecule has 0 fully saturated rings. The average Bonchev–Trinajstić information content (AvgIpc) is 2.98. The summed E-state index contributed by atoms with van der Waals surface area (Å²) in [5.74, 6) is 1.09. The van der Waals surface area contributed by atoms with Crippen LogP contribution in [0.4, 0.5) is 0 Å². The van der Waals surface area contributed by atoms with Crippen molar-refractivity contribution < 1.29 is 19.1 Å². The molecule has 3 aromatic rings. The van der Waals surface area contributed by atoms with Crippen LogP contribution in [-0.2, 0) is 22.7 Å². The van der Waals surface area contributed by atoms with E-state index in [4.69, 9.17) is 9.47 Å². The highest BCUT2D eigenvalue weighted by atomic mass is 79.9. The van der Waals surface area contributed by atoms with Crippen LogP contribution in [0.5, 0.6) is 11.5 Å². The van der Waals surface area contributed by atoms with Gasteiger partial charge in [0.25, 0.3) is 0 Å².